The van der Waals surface area contributed by atoms with Gasteiger partial charge in [0.05, 0.1) is 21.4 Å². The maximum absolute atomic E-state index is 6.23. The van der Waals surface area contributed by atoms with Crippen molar-refractivity contribution in [3.05, 3.63) is 90.5 Å². The van der Waals surface area contributed by atoms with E-state index in [-0.39, 0.29) is 5.22 Å². The highest BCUT2D eigenvalue weighted by Crippen LogP contribution is 2.22. The van der Waals surface area contributed by atoms with Crippen LogP contribution in [-0.4, -0.2) is 14.7 Å². The second kappa shape index (κ2) is 8.14. The Balaban J connectivity index is 1.60. The lowest BCUT2D eigenvalue weighted by Crippen LogP contribution is -2.39. The molecule has 0 bridgehead atoms. The van der Waals surface area contributed by atoms with Gasteiger partial charge in [-0.2, -0.15) is 0 Å². The van der Waals surface area contributed by atoms with E-state index in [1.807, 2.05) is 48.5 Å². The lowest BCUT2D eigenvalue weighted by atomic mass is 10.2. The van der Waals surface area contributed by atoms with Crippen molar-refractivity contribution < 1.29 is 9.47 Å². The number of rotatable bonds is 7. The molecule has 0 N–H and O–H groups in total. The minimum Gasteiger partial charge on any atom is -0.457 e. The third-order valence-electron chi connectivity index (χ3n) is 3.98. The number of para-hydroxylation sites is 1. The van der Waals surface area contributed by atoms with Crippen LogP contribution in [0.25, 0.3) is 0 Å². The first-order valence-corrected chi connectivity index (χ1v) is 10.0. The Morgan fingerprint density at radius 2 is 1.40 bits per heavy atom. The third kappa shape index (κ3) is 5.59. The molecule has 0 aromatic heterocycles. The van der Waals surface area contributed by atoms with Crippen LogP contribution in [-0.2, 0) is 11.3 Å². The predicted molar refractivity (Wildman–Crippen MR) is 106 cm³/mol. The van der Waals surface area contributed by atoms with Crippen LogP contribution in [0.2, 0.25) is 0 Å². The van der Waals surface area contributed by atoms with Gasteiger partial charge in [0, 0.05) is 0 Å². The third-order valence-corrected chi connectivity index (χ3v) is 5.91. The molecule has 0 aliphatic carbocycles. The molecule has 0 saturated heterocycles. The number of hydrogen-bond donors (Lipinski definition) is 0. The van der Waals surface area contributed by atoms with Crippen LogP contribution in [0.5, 0.6) is 11.5 Å². The quantitative estimate of drug-likeness (QED) is 0.595. The van der Waals surface area contributed by atoms with Crippen molar-refractivity contribution in [2.45, 2.75) is 25.7 Å². The summed E-state index contributed by atoms with van der Waals surface area (Å²) in [5.74, 6) is 1.68. The van der Waals surface area contributed by atoms with Crippen molar-refractivity contribution in [1.82, 2.24) is 0 Å². The van der Waals surface area contributed by atoms with Crippen molar-refractivity contribution in [3.8, 4) is 11.5 Å². The number of benzene rings is 3. The molecule has 0 spiro atoms. The molecule has 3 heteroatoms. The van der Waals surface area contributed by atoms with E-state index < -0.39 is 9.52 Å². The van der Waals surface area contributed by atoms with Gasteiger partial charge in [0.25, 0.3) is 0 Å². The molecule has 2 nitrogen and oxygen atoms in total. The summed E-state index contributed by atoms with van der Waals surface area (Å²) in [7, 11) is -0.510. The summed E-state index contributed by atoms with van der Waals surface area (Å²) in [6.07, 6.45) is 0. The fourth-order valence-corrected chi connectivity index (χ4v) is 4.44. The average molecular weight is 349 g/mol. The number of ether oxygens (including phenoxy) is 2. The second-order valence-corrected chi connectivity index (χ2v) is 9.65. The molecule has 128 valence electrons. The van der Waals surface area contributed by atoms with E-state index in [0.717, 1.165) is 17.1 Å². The van der Waals surface area contributed by atoms with Crippen molar-refractivity contribution in [3.63, 3.8) is 0 Å². The van der Waals surface area contributed by atoms with Crippen LogP contribution >= 0.6 is 0 Å². The molecule has 0 atom stereocenters. The van der Waals surface area contributed by atoms with Gasteiger partial charge >= 0.3 is 0 Å². The minimum atomic E-state index is -0.510. The summed E-state index contributed by atoms with van der Waals surface area (Å²) in [4.78, 5) is 0. The van der Waals surface area contributed by atoms with Crippen LogP contribution in [0, 0.1) is 0 Å². The summed E-state index contributed by atoms with van der Waals surface area (Å²) in [6.45, 7) is 4.98. The molecule has 0 aliphatic rings. The molecule has 0 heterocycles. The van der Waals surface area contributed by atoms with Gasteiger partial charge in [0.2, 0.25) is 0 Å². The van der Waals surface area contributed by atoms with Crippen molar-refractivity contribution >= 4 is 14.7 Å². The number of hydrogen-bond acceptors (Lipinski definition) is 2. The largest absolute Gasteiger partial charge is 0.457 e. The SMILES string of the molecule is CC(C)(OCc1cccc(Oc2ccccc2)c1)[SiH2]c1ccccc1. The molecule has 3 rings (SSSR count). The Bertz CT molecular complexity index is 785. The molecule has 0 saturated carbocycles. The molecule has 3 aromatic carbocycles. The summed E-state index contributed by atoms with van der Waals surface area (Å²) in [5.41, 5.74) is 1.13. The first-order valence-electron chi connectivity index (χ1n) is 8.60. The van der Waals surface area contributed by atoms with Gasteiger partial charge < -0.3 is 9.47 Å². The van der Waals surface area contributed by atoms with E-state index >= 15 is 0 Å². The smallest absolute Gasteiger partial charge is 0.127 e. The predicted octanol–water partition coefficient (Wildman–Crippen LogP) is 4.23. The standard InChI is InChI=1S/C22H24O2Si/c1-22(2,25-21-14-7-4-8-15-21)23-17-18-10-9-13-20(16-18)24-19-11-5-3-6-12-19/h3-16H,17,25H2,1-2H3. The Morgan fingerprint density at radius 3 is 2.12 bits per heavy atom. The van der Waals surface area contributed by atoms with E-state index in [4.69, 9.17) is 9.47 Å². The van der Waals surface area contributed by atoms with E-state index in [1.54, 1.807) is 0 Å². The van der Waals surface area contributed by atoms with Gasteiger partial charge in [0.1, 0.15) is 11.5 Å². The van der Waals surface area contributed by atoms with Gasteiger partial charge in [-0.15, -0.1) is 0 Å². The van der Waals surface area contributed by atoms with Gasteiger partial charge in [-0.1, -0.05) is 65.9 Å². The summed E-state index contributed by atoms with van der Waals surface area (Å²) in [5, 5.41) is 1.34. The zero-order valence-corrected chi connectivity index (χ0v) is 16.2. The molecule has 25 heavy (non-hydrogen) atoms. The van der Waals surface area contributed by atoms with Gasteiger partial charge in [-0.25, -0.2) is 0 Å². The van der Waals surface area contributed by atoms with Gasteiger partial charge in [-0.3, -0.25) is 0 Å². The first kappa shape index (κ1) is 17.5. The normalized spacial score (nSPS) is 11.8. The fraction of sp³-hybridized carbons (Fsp3) is 0.182. The maximum atomic E-state index is 6.23. The second-order valence-electron chi connectivity index (χ2n) is 6.77. The molecule has 0 unspecified atom stereocenters. The minimum absolute atomic E-state index is 0.0857. The monoisotopic (exact) mass is 348 g/mol. The van der Waals surface area contributed by atoms with E-state index in [1.165, 1.54) is 5.19 Å². The van der Waals surface area contributed by atoms with E-state index in [2.05, 4.69) is 50.2 Å². The van der Waals surface area contributed by atoms with Crippen molar-refractivity contribution in [2.24, 2.45) is 0 Å². The van der Waals surface area contributed by atoms with E-state index in [9.17, 15) is 0 Å². The van der Waals surface area contributed by atoms with E-state index in [0.29, 0.717) is 6.61 Å². The molecule has 0 radical (unpaired) electrons. The first-order chi connectivity index (χ1) is 12.1. The highest BCUT2D eigenvalue weighted by atomic mass is 28.2. The Morgan fingerprint density at radius 1 is 0.760 bits per heavy atom. The van der Waals surface area contributed by atoms with Gasteiger partial charge in [0.15, 0.2) is 0 Å². The lowest BCUT2D eigenvalue weighted by Gasteiger charge is -2.25. The maximum Gasteiger partial charge on any atom is 0.127 e. The fourth-order valence-electron chi connectivity index (χ4n) is 2.74. The van der Waals surface area contributed by atoms with Crippen LogP contribution in [0.3, 0.4) is 0 Å². The Kier molecular flexibility index (Phi) is 5.69. The van der Waals surface area contributed by atoms with Crippen molar-refractivity contribution in [1.29, 1.82) is 0 Å². The van der Waals surface area contributed by atoms with Crippen LogP contribution in [0.1, 0.15) is 19.4 Å². The molecular weight excluding hydrogens is 324 g/mol. The highest BCUT2D eigenvalue weighted by molar-refractivity contribution is 6.56. The molecular formula is C22H24O2Si. The van der Waals surface area contributed by atoms with Crippen LogP contribution < -0.4 is 9.92 Å². The lowest BCUT2D eigenvalue weighted by molar-refractivity contribution is 0.0310. The molecule has 0 aliphatic heterocycles. The topological polar surface area (TPSA) is 18.5 Å². The zero-order chi connectivity index (χ0) is 17.5. The highest BCUT2D eigenvalue weighted by Gasteiger charge is 2.19. The molecule has 0 amide bonds. The van der Waals surface area contributed by atoms with Crippen LogP contribution in [0.15, 0.2) is 84.9 Å². The summed E-state index contributed by atoms with van der Waals surface area (Å²) in [6, 6.07) is 28.6. The average Bonchev–Trinajstić information content (AvgIpc) is 2.62. The zero-order valence-electron chi connectivity index (χ0n) is 14.8. The molecule has 3 aromatic rings. The van der Waals surface area contributed by atoms with Gasteiger partial charge in [-0.05, 0) is 43.7 Å². The Hall–Kier alpha value is -2.36. The Labute approximate surface area is 152 Å². The summed E-state index contributed by atoms with van der Waals surface area (Å²) < 4.78 is 12.1. The van der Waals surface area contributed by atoms with Crippen LogP contribution in [0.4, 0.5) is 0 Å². The molecule has 0 fully saturated rings. The summed E-state index contributed by atoms with van der Waals surface area (Å²) >= 11 is 0. The van der Waals surface area contributed by atoms with Crippen molar-refractivity contribution in [2.75, 3.05) is 0 Å².